The Labute approximate surface area is 171 Å². The van der Waals surface area contributed by atoms with E-state index in [9.17, 15) is 4.79 Å². The number of aromatic nitrogens is 3. The Bertz CT molecular complexity index is 958. The van der Waals surface area contributed by atoms with Crippen LogP contribution in [0.2, 0.25) is 5.02 Å². The molecule has 3 rings (SSSR count). The minimum absolute atomic E-state index is 0.0934. The van der Waals surface area contributed by atoms with Gasteiger partial charge >= 0.3 is 0 Å². The van der Waals surface area contributed by atoms with Crippen molar-refractivity contribution in [1.82, 2.24) is 19.3 Å². The Morgan fingerprint density at radius 3 is 2.85 bits per heavy atom. The van der Waals surface area contributed by atoms with Gasteiger partial charge in [0.05, 0.1) is 16.9 Å². The van der Waals surface area contributed by atoms with E-state index in [1.54, 1.807) is 13.1 Å². The summed E-state index contributed by atoms with van der Waals surface area (Å²) in [6.45, 7) is 5.68. The van der Waals surface area contributed by atoms with Crippen LogP contribution >= 0.6 is 27.5 Å². The van der Waals surface area contributed by atoms with Gasteiger partial charge in [-0.1, -0.05) is 29.8 Å². The van der Waals surface area contributed by atoms with E-state index in [2.05, 4.69) is 26.2 Å². The average molecular weight is 451 g/mol. The molecular weight excluding hydrogens is 430 g/mol. The van der Waals surface area contributed by atoms with Crippen molar-refractivity contribution < 1.29 is 4.79 Å². The zero-order chi connectivity index (χ0) is 19.4. The third kappa shape index (κ3) is 4.42. The van der Waals surface area contributed by atoms with Crippen LogP contribution in [0.4, 0.5) is 5.82 Å². The summed E-state index contributed by atoms with van der Waals surface area (Å²) in [6, 6.07) is 7.62. The smallest absolute Gasteiger partial charge is 0.219 e. The fourth-order valence-electron chi connectivity index (χ4n) is 2.89. The van der Waals surface area contributed by atoms with Gasteiger partial charge in [0, 0.05) is 38.3 Å². The summed E-state index contributed by atoms with van der Waals surface area (Å²) in [5.74, 6) is 0.778. The SMILES string of the molecule is CCN(CCCNc1nc(-c2ccccc2Cl)cn2c(Br)cnc12)C(C)=O. The molecule has 0 aliphatic carbocycles. The topological polar surface area (TPSA) is 62.5 Å². The van der Waals surface area contributed by atoms with Gasteiger partial charge in [0.1, 0.15) is 4.60 Å². The quantitative estimate of drug-likeness (QED) is 0.539. The van der Waals surface area contributed by atoms with Crippen molar-refractivity contribution in [2.45, 2.75) is 20.3 Å². The Balaban J connectivity index is 1.84. The number of nitrogens with zero attached hydrogens (tertiary/aromatic N) is 4. The monoisotopic (exact) mass is 449 g/mol. The van der Waals surface area contributed by atoms with Crippen LogP contribution in [0.1, 0.15) is 20.3 Å². The number of amides is 1. The maximum absolute atomic E-state index is 11.5. The van der Waals surface area contributed by atoms with Crippen LogP contribution in [0.3, 0.4) is 0 Å². The largest absolute Gasteiger partial charge is 0.367 e. The summed E-state index contributed by atoms with van der Waals surface area (Å²) in [5, 5.41) is 4.00. The summed E-state index contributed by atoms with van der Waals surface area (Å²) in [7, 11) is 0. The van der Waals surface area contributed by atoms with Gasteiger partial charge in [-0.05, 0) is 35.3 Å². The number of benzene rings is 1. The minimum atomic E-state index is 0.0934. The fraction of sp³-hybridized carbons (Fsp3) is 0.316. The molecule has 6 nitrogen and oxygen atoms in total. The first-order valence-corrected chi connectivity index (χ1v) is 9.96. The van der Waals surface area contributed by atoms with Crippen LogP contribution in [0.15, 0.2) is 41.3 Å². The molecular formula is C19H21BrClN5O. The predicted octanol–water partition coefficient (Wildman–Crippen LogP) is 4.48. The number of hydrogen-bond donors (Lipinski definition) is 1. The normalized spacial score (nSPS) is 11.0. The molecule has 0 unspecified atom stereocenters. The van der Waals surface area contributed by atoms with Crippen molar-refractivity contribution in [3.8, 4) is 11.3 Å². The summed E-state index contributed by atoms with van der Waals surface area (Å²) >= 11 is 9.87. The van der Waals surface area contributed by atoms with Crippen LogP contribution in [0, 0.1) is 0 Å². The second-order valence-corrected chi connectivity index (χ2v) is 7.33. The number of carbonyl (C=O) groups excluding carboxylic acids is 1. The van der Waals surface area contributed by atoms with Crippen molar-refractivity contribution in [3.63, 3.8) is 0 Å². The van der Waals surface area contributed by atoms with Gasteiger partial charge in [0.25, 0.3) is 0 Å². The molecule has 1 N–H and O–H groups in total. The van der Waals surface area contributed by atoms with Gasteiger partial charge < -0.3 is 10.2 Å². The lowest BCUT2D eigenvalue weighted by molar-refractivity contribution is -0.128. The first-order chi connectivity index (χ1) is 13.0. The molecule has 0 saturated heterocycles. The number of imidazole rings is 1. The average Bonchev–Trinajstić information content (AvgIpc) is 3.03. The molecule has 0 fully saturated rings. The second-order valence-electron chi connectivity index (χ2n) is 6.11. The van der Waals surface area contributed by atoms with Crippen molar-refractivity contribution >= 4 is 44.9 Å². The highest BCUT2D eigenvalue weighted by atomic mass is 79.9. The van der Waals surface area contributed by atoms with Gasteiger partial charge in [0.2, 0.25) is 5.91 Å². The van der Waals surface area contributed by atoms with Crippen molar-refractivity contribution in [2.24, 2.45) is 0 Å². The molecule has 0 saturated carbocycles. The fourth-order valence-corrected chi connectivity index (χ4v) is 3.50. The van der Waals surface area contributed by atoms with Gasteiger partial charge in [-0.15, -0.1) is 0 Å². The van der Waals surface area contributed by atoms with Crippen LogP contribution in [-0.2, 0) is 4.79 Å². The number of nitrogens with one attached hydrogen (secondary N) is 1. The third-order valence-electron chi connectivity index (χ3n) is 4.32. The molecule has 142 valence electrons. The van der Waals surface area contributed by atoms with E-state index in [4.69, 9.17) is 16.6 Å². The number of rotatable bonds is 7. The van der Waals surface area contributed by atoms with E-state index < -0.39 is 0 Å². The predicted molar refractivity (Wildman–Crippen MR) is 112 cm³/mol. The number of carbonyl (C=O) groups is 1. The molecule has 0 radical (unpaired) electrons. The Hall–Kier alpha value is -2.12. The summed E-state index contributed by atoms with van der Waals surface area (Å²) in [4.78, 5) is 22.5. The third-order valence-corrected chi connectivity index (χ3v) is 5.24. The van der Waals surface area contributed by atoms with Gasteiger partial charge in [-0.25, -0.2) is 9.97 Å². The summed E-state index contributed by atoms with van der Waals surface area (Å²) in [6.07, 6.45) is 4.47. The second kappa shape index (κ2) is 8.71. The number of fused-ring (bicyclic) bond motifs is 1. The molecule has 0 aliphatic rings. The van der Waals surface area contributed by atoms with Crippen LogP contribution in [0.25, 0.3) is 16.9 Å². The number of hydrogen-bond acceptors (Lipinski definition) is 4. The minimum Gasteiger partial charge on any atom is -0.367 e. The van der Waals surface area contributed by atoms with E-state index >= 15 is 0 Å². The summed E-state index contributed by atoms with van der Waals surface area (Å²) < 4.78 is 2.77. The Morgan fingerprint density at radius 1 is 1.37 bits per heavy atom. The zero-order valence-electron chi connectivity index (χ0n) is 15.2. The van der Waals surface area contributed by atoms with Gasteiger partial charge in [-0.2, -0.15) is 0 Å². The van der Waals surface area contributed by atoms with Crippen molar-refractivity contribution in [2.75, 3.05) is 25.0 Å². The van der Waals surface area contributed by atoms with E-state index in [-0.39, 0.29) is 5.91 Å². The van der Waals surface area contributed by atoms with Crippen LogP contribution < -0.4 is 5.32 Å². The van der Waals surface area contributed by atoms with E-state index in [0.717, 1.165) is 27.9 Å². The molecule has 0 bridgehead atoms. The molecule has 8 heteroatoms. The molecule has 2 aromatic heterocycles. The number of anilines is 1. The maximum atomic E-state index is 11.5. The van der Waals surface area contributed by atoms with Crippen molar-refractivity contribution in [3.05, 3.63) is 46.3 Å². The molecule has 1 amide bonds. The Morgan fingerprint density at radius 2 is 2.15 bits per heavy atom. The number of halogens is 2. The first kappa shape index (κ1) is 19.6. The molecule has 3 aromatic rings. The summed E-state index contributed by atoms with van der Waals surface area (Å²) in [5.41, 5.74) is 2.35. The van der Waals surface area contributed by atoms with Crippen LogP contribution in [0.5, 0.6) is 0 Å². The molecule has 0 aliphatic heterocycles. The maximum Gasteiger partial charge on any atom is 0.219 e. The van der Waals surface area contributed by atoms with Crippen molar-refractivity contribution in [1.29, 1.82) is 0 Å². The zero-order valence-corrected chi connectivity index (χ0v) is 17.6. The highest BCUT2D eigenvalue weighted by Gasteiger charge is 2.13. The molecule has 0 atom stereocenters. The molecule has 0 spiro atoms. The van der Waals surface area contributed by atoms with Gasteiger partial charge in [0.15, 0.2) is 11.5 Å². The van der Waals surface area contributed by atoms with Gasteiger partial charge in [-0.3, -0.25) is 9.20 Å². The first-order valence-electron chi connectivity index (χ1n) is 8.79. The van der Waals surface area contributed by atoms with Crippen LogP contribution in [-0.4, -0.2) is 44.8 Å². The molecule has 2 heterocycles. The Kier molecular flexibility index (Phi) is 6.34. The van der Waals surface area contributed by atoms with E-state index in [1.165, 1.54) is 0 Å². The highest BCUT2D eigenvalue weighted by molar-refractivity contribution is 9.10. The van der Waals surface area contributed by atoms with E-state index in [1.807, 2.05) is 46.7 Å². The lowest BCUT2D eigenvalue weighted by Gasteiger charge is -2.19. The standard InChI is InChI=1S/C19H21BrClN5O/c1-3-25(13(2)27)10-6-9-22-18-19-23-11-17(20)26(19)12-16(24-18)14-7-4-5-8-15(14)21/h4-5,7-8,11-12H,3,6,9-10H2,1-2H3,(H,22,24). The lowest BCUT2D eigenvalue weighted by atomic mass is 10.1. The molecule has 27 heavy (non-hydrogen) atoms. The van der Waals surface area contributed by atoms with E-state index in [0.29, 0.717) is 30.5 Å². The molecule has 1 aromatic carbocycles. The highest BCUT2D eigenvalue weighted by Crippen LogP contribution is 2.29. The lowest BCUT2D eigenvalue weighted by Crippen LogP contribution is -2.30.